The lowest BCUT2D eigenvalue weighted by atomic mass is 10.1. The molecule has 0 aliphatic rings. The Morgan fingerprint density at radius 3 is 2.00 bits per heavy atom. The molecule has 0 amide bonds. The van der Waals surface area contributed by atoms with Gasteiger partial charge in [-0.25, -0.2) is 0 Å². The van der Waals surface area contributed by atoms with Crippen molar-refractivity contribution in [1.82, 2.24) is 0 Å². The fraction of sp³-hybridized carbons (Fsp3) is 0.0714. The summed E-state index contributed by atoms with van der Waals surface area (Å²) in [6, 6.07) is 21.0. The molecule has 0 radical (unpaired) electrons. The molecule has 0 bridgehead atoms. The van der Waals surface area contributed by atoms with E-state index in [0.717, 1.165) is 5.56 Å². The number of para-hydroxylation sites is 1. The molecule has 0 unspecified atom stereocenters. The van der Waals surface area contributed by atoms with Crippen molar-refractivity contribution in [2.45, 2.75) is 6.10 Å². The Morgan fingerprint density at radius 1 is 0.875 bits per heavy atom. The van der Waals surface area contributed by atoms with Crippen molar-refractivity contribution in [3.05, 3.63) is 66.2 Å². The number of rotatable bonds is 3. The number of hydrogen-bond acceptors (Lipinski definition) is 2. The molecule has 0 aromatic heterocycles. The number of hydrogen-bond donors (Lipinski definition) is 0. The van der Waals surface area contributed by atoms with Crippen LogP contribution >= 0.6 is 0 Å². The van der Waals surface area contributed by atoms with Crippen LogP contribution in [0, 0.1) is 11.3 Å². The van der Waals surface area contributed by atoms with Crippen LogP contribution in [-0.4, -0.2) is 0 Å². The van der Waals surface area contributed by atoms with Crippen LogP contribution in [-0.2, 0) is 0 Å². The Hall–Kier alpha value is -2.27. The van der Waals surface area contributed by atoms with Gasteiger partial charge in [0.2, 0.25) is 6.10 Å². The average molecular weight is 209 g/mol. The summed E-state index contributed by atoms with van der Waals surface area (Å²) in [7, 11) is 0. The molecule has 0 aliphatic carbocycles. The summed E-state index contributed by atoms with van der Waals surface area (Å²) in [5.74, 6) is 0.706. The zero-order chi connectivity index (χ0) is 11.2. The van der Waals surface area contributed by atoms with Crippen molar-refractivity contribution in [3.63, 3.8) is 0 Å². The normalized spacial score (nSPS) is 11.4. The van der Waals surface area contributed by atoms with Gasteiger partial charge in [-0.2, -0.15) is 5.26 Å². The first-order valence-corrected chi connectivity index (χ1v) is 5.06. The molecule has 0 aliphatic heterocycles. The third-order valence-corrected chi connectivity index (χ3v) is 2.22. The van der Waals surface area contributed by atoms with Gasteiger partial charge in [0, 0.05) is 5.56 Å². The van der Waals surface area contributed by atoms with Crippen LogP contribution in [0.15, 0.2) is 60.7 Å². The van der Waals surface area contributed by atoms with Crippen molar-refractivity contribution in [1.29, 1.82) is 5.26 Å². The van der Waals surface area contributed by atoms with E-state index in [2.05, 4.69) is 6.07 Å². The summed E-state index contributed by atoms with van der Waals surface area (Å²) in [5.41, 5.74) is 0.869. The second-order valence-corrected chi connectivity index (χ2v) is 3.35. The van der Waals surface area contributed by atoms with E-state index >= 15 is 0 Å². The molecule has 1 atom stereocenters. The minimum atomic E-state index is -0.552. The van der Waals surface area contributed by atoms with Gasteiger partial charge in [-0.1, -0.05) is 48.5 Å². The maximum absolute atomic E-state index is 9.07. The number of nitriles is 1. The van der Waals surface area contributed by atoms with Crippen LogP contribution in [0.3, 0.4) is 0 Å². The van der Waals surface area contributed by atoms with E-state index in [4.69, 9.17) is 10.00 Å². The molecule has 0 heterocycles. The van der Waals surface area contributed by atoms with Gasteiger partial charge in [0.05, 0.1) is 0 Å². The zero-order valence-corrected chi connectivity index (χ0v) is 8.71. The molecule has 16 heavy (non-hydrogen) atoms. The molecule has 2 aromatic carbocycles. The van der Waals surface area contributed by atoms with Crippen molar-refractivity contribution >= 4 is 0 Å². The molecule has 0 saturated carbocycles. The summed E-state index contributed by atoms with van der Waals surface area (Å²) < 4.78 is 5.59. The standard InChI is InChI=1S/C14H11NO/c15-11-14(12-7-3-1-4-8-12)16-13-9-5-2-6-10-13/h1-10,14H/t14-/m0/s1. The average Bonchev–Trinajstić information content (AvgIpc) is 2.38. The van der Waals surface area contributed by atoms with Crippen molar-refractivity contribution in [2.24, 2.45) is 0 Å². The second kappa shape index (κ2) is 4.99. The van der Waals surface area contributed by atoms with Crippen LogP contribution < -0.4 is 4.74 Å². The minimum Gasteiger partial charge on any atom is -0.471 e. The molecule has 2 rings (SSSR count). The van der Waals surface area contributed by atoms with Gasteiger partial charge in [-0.05, 0) is 12.1 Å². The van der Waals surface area contributed by atoms with Gasteiger partial charge in [0.25, 0.3) is 0 Å². The monoisotopic (exact) mass is 209 g/mol. The van der Waals surface area contributed by atoms with Crippen LogP contribution in [0.1, 0.15) is 11.7 Å². The van der Waals surface area contributed by atoms with Crippen LogP contribution in [0.5, 0.6) is 5.75 Å². The van der Waals surface area contributed by atoms with E-state index in [1.165, 1.54) is 0 Å². The minimum absolute atomic E-state index is 0.552. The highest BCUT2D eigenvalue weighted by Crippen LogP contribution is 2.20. The molecule has 78 valence electrons. The summed E-state index contributed by atoms with van der Waals surface area (Å²) >= 11 is 0. The lowest BCUT2D eigenvalue weighted by molar-refractivity contribution is 0.262. The maximum Gasteiger partial charge on any atom is 0.209 e. The molecule has 2 heteroatoms. The zero-order valence-electron chi connectivity index (χ0n) is 8.71. The Balaban J connectivity index is 2.17. The van der Waals surface area contributed by atoms with Gasteiger partial charge >= 0.3 is 0 Å². The highest BCUT2D eigenvalue weighted by atomic mass is 16.5. The van der Waals surface area contributed by atoms with Gasteiger partial charge in [-0.3, -0.25) is 0 Å². The highest BCUT2D eigenvalue weighted by Gasteiger charge is 2.10. The largest absolute Gasteiger partial charge is 0.471 e. The molecule has 0 N–H and O–H groups in total. The first kappa shape index (κ1) is 10.3. The molecule has 2 aromatic rings. The van der Waals surface area contributed by atoms with E-state index < -0.39 is 6.10 Å². The topological polar surface area (TPSA) is 33.0 Å². The predicted octanol–water partition coefficient (Wildman–Crippen LogP) is 3.33. The first-order chi connectivity index (χ1) is 7.90. The van der Waals surface area contributed by atoms with E-state index in [0.29, 0.717) is 5.75 Å². The number of benzene rings is 2. The smallest absolute Gasteiger partial charge is 0.209 e. The lowest BCUT2D eigenvalue weighted by Gasteiger charge is -2.12. The fourth-order valence-electron chi connectivity index (χ4n) is 1.43. The third kappa shape index (κ3) is 2.40. The SMILES string of the molecule is N#C[C@H](Oc1ccccc1)c1ccccc1. The van der Waals surface area contributed by atoms with E-state index in [-0.39, 0.29) is 0 Å². The van der Waals surface area contributed by atoms with Crippen molar-refractivity contribution in [2.75, 3.05) is 0 Å². The second-order valence-electron chi connectivity index (χ2n) is 3.35. The van der Waals surface area contributed by atoms with Gasteiger partial charge in [0.1, 0.15) is 11.8 Å². The fourth-order valence-corrected chi connectivity index (χ4v) is 1.43. The van der Waals surface area contributed by atoms with Gasteiger partial charge in [0.15, 0.2) is 0 Å². The summed E-state index contributed by atoms with van der Waals surface area (Å²) in [5, 5.41) is 9.07. The molecular weight excluding hydrogens is 198 g/mol. The van der Waals surface area contributed by atoms with Crippen LogP contribution in [0.25, 0.3) is 0 Å². The Labute approximate surface area is 94.7 Å². The summed E-state index contributed by atoms with van der Waals surface area (Å²) in [6.45, 7) is 0. The lowest BCUT2D eigenvalue weighted by Crippen LogP contribution is -2.04. The van der Waals surface area contributed by atoms with Gasteiger partial charge in [-0.15, -0.1) is 0 Å². The van der Waals surface area contributed by atoms with Gasteiger partial charge < -0.3 is 4.74 Å². The Bertz CT molecular complexity index is 473. The van der Waals surface area contributed by atoms with Crippen molar-refractivity contribution < 1.29 is 4.74 Å². The number of ether oxygens (including phenoxy) is 1. The highest BCUT2D eigenvalue weighted by molar-refractivity contribution is 5.27. The Kier molecular flexibility index (Phi) is 3.20. The van der Waals surface area contributed by atoms with Crippen LogP contribution in [0.2, 0.25) is 0 Å². The molecular formula is C14H11NO. The molecule has 0 saturated heterocycles. The van der Waals surface area contributed by atoms with E-state index in [1.807, 2.05) is 60.7 Å². The predicted molar refractivity (Wildman–Crippen MR) is 61.9 cm³/mol. The molecule has 2 nitrogen and oxygen atoms in total. The summed E-state index contributed by atoms with van der Waals surface area (Å²) in [6.07, 6.45) is -0.552. The maximum atomic E-state index is 9.07. The van der Waals surface area contributed by atoms with E-state index in [9.17, 15) is 0 Å². The molecule has 0 fully saturated rings. The number of nitrogens with zero attached hydrogens (tertiary/aromatic N) is 1. The summed E-state index contributed by atoms with van der Waals surface area (Å²) in [4.78, 5) is 0. The first-order valence-electron chi connectivity index (χ1n) is 5.06. The molecule has 0 spiro atoms. The van der Waals surface area contributed by atoms with E-state index in [1.54, 1.807) is 0 Å². The Morgan fingerprint density at radius 2 is 1.44 bits per heavy atom. The van der Waals surface area contributed by atoms with Crippen LogP contribution in [0.4, 0.5) is 0 Å². The third-order valence-electron chi connectivity index (χ3n) is 2.22. The van der Waals surface area contributed by atoms with Crippen molar-refractivity contribution in [3.8, 4) is 11.8 Å². The quantitative estimate of drug-likeness (QED) is 0.776.